The quantitative estimate of drug-likeness (QED) is 0.484. The van der Waals surface area contributed by atoms with E-state index >= 15 is 0 Å². The molecule has 0 bridgehead atoms. The zero-order valence-electron chi connectivity index (χ0n) is 15.3. The molecule has 0 saturated heterocycles. The van der Waals surface area contributed by atoms with Crippen LogP contribution in [-0.2, 0) is 12.8 Å². The van der Waals surface area contributed by atoms with Gasteiger partial charge in [-0.15, -0.1) is 0 Å². The molecule has 28 heavy (non-hydrogen) atoms. The molecule has 0 unspecified atom stereocenters. The molecular formula is C23H19N5. The number of hydrogen-bond acceptors (Lipinski definition) is 3. The minimum atomic E-state index is 0.340. The highest BCUT2D eigenvalue weighted by Gasteiger charge is 2.26. The zero-order valence-corrected chi connectivity index (χ0v) is 15.3. The summed E-state index contributed by atoms with van der Waals surface area (Å²) in [5, 5.41) is 2.10. The Labute approximate surface area is 161 Å². The minimum Gasteiger partial charge on any atom is -0.383 e. The molecule has 0 radical (unpaired) electrons. The predicted octanol–water partition coefficient (Wildman–Crippen LogP) is 4.50. The van der Waals surface area contributed by atoms with Crippen molar-refractivity contribution in [3.8, 4) is 11.3 Å². The lowest BCUT2D eigenvalue weighted by Crippen LogP contribution is -2.08. The van der Waals surface area contributed by atoms with Gasteiger partial charge in [-0.05, 0) is 36.1 Å². The number of rotatable bonds is 2. The van der Waals surface area contributed by atoms with E-state index in [4.69, 9.17) is 5.73 Å². The van der Waals surface area contributed by atoms with Gasteiger partial charge in [-0.1, -0.05) is 42.5 Å². The number of benzene rings is 2. The summed E-state index contributed by atoms with van der Waals surface area (Å²) in [5.74, 6) is 0.521. The van der Waals surface area contributed by atoms with Gasteiger partial charge in [0, 0.05) is 34.4 Å². The maximum atomic E-state index is 6.31. The molecule has 0 saturated carbocycles. The summed E-state index contributed by atoms with van der Waals surface area (Å²) in [5.41, 5.74) is 13.3. The Bertz CT molecular complexity index is 1290. The van der Waals surface area contributed by atoms with Crippen molar-refractivity contribution < 1.29 is 0 Å². The van der Waals surface area contributed by atoms with Crippen molar-refractivity contribution in [3.63, 3.8) is 0 Å². The number of anilines is 1. The fraction of sp³-hybridized carbons (Fsp3) is 0.130. The Morgan fingerprint density at radius 1 is 0.964 bits per heavy atom. The normalized spacial score (nSPS) is 14.1. The molecule has 6 rings (SSSR count). The SMILES string of the molecule is Nc1ncnc2c1c(-c1cc3ccccc3[nH]1)cn2C1Cc2ccccc2C1. The Morgan fingerprint density at radius 2 is 1.71 bits per heavy atom. The van der Waals surface area contributed by atoms with Crippen LogP contribution in [0.2, 0.25) is 0 Å². The molecule has 3 aromatic heterocycles. The fourth-order valence-corrected chi connectivity index (χ4v) is 4.54. The second-order valence-corrected chi connectivity index (χ2v) is 7.51. The van der Waals surface area contributed by atoms with Gasteiger partial charge in [0.1, 0.15) is 17.8 Å². The van der Waals surface area contributed by atoms with Crippen molar-refractivity contribution in [1.82, 2.24) is 19.5 Å². The van der Waals surface area contributed by atoms with Crippen LogP contribution in [0, 0.1) is 0 Å². The van der Waals surface area contributed by atoms with Crippen LogP contribution in [0.25, 0.3) is 33.2 Å². The van der Waals surface area contributed by atoms with E-state index in [1.807, 2.05) is 6.07 Å². The summed E-state index contributed by atoms with van der Waals surface area (Å²) >= 11 is 0. The zero-order chi connectivity index (χ0) is 18.7. The largest absolute Gasteiger partial charge is 0.383 e. The van der Waals surface area contributed by atoms with Gasteiger partial charge in [0.15, 0.2) is 0 Å². The number of nitrogen functional groups attached to an aromatic ring is 1. The number of nitrogens with zero attached hydrogens (tertiary/aromatic N) is 3. The van der Waals surface area contributed by atoms with Crippen LogP contribution >= 0.6 is 0 Å². The molecule has 3 heterocycles. The topological polar surface area (TPSA) is 72.5 Å². The van der Waals surface area contributed by atoms with Crippen LogP contribution in [0.5, 0.6) is 0 Å². The van der Waals surface area contributed by atoms with Crippen molar-refractivity contribution in [2.75, 3.05) is 5.73 Å². The summed E-state index contributed by atoms with van der Waals surface area (Å²) in [7, 11) is 0. The molecule has 0 amide bonds. The molecule has 0 atom stereocenters. The average Bonchev–Trinajstić information content (AvgIpc) is 3.42. The number of aromatic nitrogens is 4. The molecule has 5 nitrogen and oxygen atoms in total. The van der Waals surface area contributed by atoms with E-state index in [9.17, 15) is 0 Å². The Kier molecular flexibility index (Phi) is 3.14. The van der Waals surface area contributed by atoms with Gasteiger partial charge >= 0.3 is 0 Å². The number of para-hydroxylation sites is 1. The monoisotopic (exact) mass is 365 g/mol. The fourth-order valence-electron chi connectivity index (χ4n) is 4.54. The van der Waals surface area contributed by atoms with Gasteiger partial charge in [-0.3, -0.25) is 0 Å². The molecule has 0 fully saturated rings. The van der Waals surface area contributed by atoms with Gasteiger partial charge < -0.3 is 15.3 Å². The van der Waals surface area contributed by atoms with Gasteiger partial charge in [0.05, 0.1) is 5.39 Å². The van der Waals surface area contributed by atoms with E-state index < -0.39 is 0 Å². The number of nitrogens with one attached hydrogen (secondary N) is 1. The lowest BCUT2D eigenvalue weighted by Gasteiger charge is -2.12. The number of fused-ring (bicyclic) bond motifs is 3. The third-order valence-corrected chi connectivity index (χ3v) is 5.88. The number of aromatic amines is 1. The molecule has 0 aliphatic heterocycles. The highest BCUT2D eigenvalue weighted by molar-refractivity contribution is 6.02. The summed E-state index contributed by atoms with van der Waals surface area (Å²) in [6.07, 6.45) is 5.77. The predicted molar refractivity (Wildman–Crippen MR) is 112 cm³/mol. The van der Waals surface area contributed by atoms with Crippen LogP contribution in [-0.4, -0.2) is 19.5 Å². The van der Waals surface area contributed by atoms with E-state index in [0.717, 1.165) is 40.6 Å². The van der Waals surface area contributed by atoms with E-state index in [1.165, 1.54) is 16.5 Å². The number of hydrogen-bond donors (Lipinski definition) is 2. The smallest absolute Gasteiger partial charge is 0.146 e. The molecule has 5 heteroatoms. The molecule has 3 N–H and O–H groups in total. The van der Waals surface area contributed by atoms with Crippen molar-refractivity contribution in [2.24, 2.45) is 0 Å². The van der Waals surface area contributed by atoms with Gasteiger partial charge in [0.25, 0.3) is 0 Å². The summed E-state index contributed by atoms with van der Waals surface area (Å²) in [6, 6.07) is 19.5. The third kappa shape index (κ3) is 2.19. The Morgan fingerprint density at radius 3 is 2.50 bits per heavy atom. The summed E-state index contributed by atoms with van der Waals surface area (Å²) in [6.45, 7) is 0. The van der Waals surface area contributed by atoms with Gasteiger partial charge in [-0.2, -0.15) is 0 Å². The van der Waals surface area contributed by atoms with Crippen LogP contribution in [0.1, 0.15) is 17.2 Å². The Balaban J connectivity index is 1.55. The van der Waals surface area contributed by atoms with Crippen molar-refractivity contribution in [3.05, 3.63) is 78.2 Å². The van der Waals surface area contributed by atoms with E-state index in [0.29, 0.717) is 11.9 Å². The van der Waals surface area contributed by atoms with Crippen LogP contribution in [0.4, 0.5) is 5.82 Å². The number of H-pyrrole nitrogens is 1. The molecule has 136 valence electrons. The highest BCUT2D eigenvalue weighted by atomic mass is 15.1. The standard InChI is InChI=1S/C23H19N5/c24-22-21-18(20-11-16-7-3-4-8-19(16)27-20)12-28(23(21)26-13-25-22)17-9-14-5-1-2-6-15(14)10-17/h1-8,11-13,17,27H,9-10H2,(H2,24,25,26). The summed E-state index contributed by atoms with van der Waals surface area (Å²) in [4.78, 5) is 12.4. The van der Waals surface area contributed by atoms with Crippen LogP contribution < -0.4 is 5.73 Å². The lowest BCUT2D eigenvalue weighted by molar-refractivity contribution is 0.543. The first-order chi connectivity index (χ1) is 13.8. The molecule has 5 aromatic rings. The number of nitrogens with two attached hydrogens (primary N) is 1. The maximum absolute atomic E-state index is 6.31. The van der Waals surface area contributed by atoms with Gasteiger partial charge in [-0.25, -0.2) is 9.97 Å². The molecule has 1 aliphatic carbocycles. The van der Waals surface area contributed by atoms with Crippen LogP contribution in [0.3, 0.4) is 0 Å². The third-order valence-electron chi connectivity index (χ3n) is 5.88. The van der Waals surface area contributed by atoms with Crippen LogP contribution in [0.15, 0.2) is 67.1 Å². The van der Waals surface area contributed by atoms with E-state index in [-0.39, 0.29) is 0 Å². The molecule has 2 aromatic carbocycles. The van der Waals surface area contributed by atoms with E-state index in [2.05, 4.69) is 74.2 Å². The summed E-state index contributed by atoms with van der Waals surface area (Å²) < 4.78 is 2.29. The van der Waals surface area contributed by atoms with Gasteiger partial charge in [0.2, 0.25) is 0 Å². The molecule has 1 aliphatic rings. The maximum Gasteiger partial charge on any atom is 0.146 e. The first-order valence-corrected chi connectivity index (χ1v) is 9.54. The molecule has 0 spiro atoms. The average molecular weight is 365 g/mol. The van der Waals surface area contributed by atoms with Crippen molar-refractivity contribution in [1.29, 1.82) is 0 Å². The highest BCUT2D eigenvalue weighted by Crippen LogP contribution is 2.38. The first-order valence-electron chi connectivity index (χ1n) is 9.54. The first kappa shape index (κ1) is 15.5. The lowest BCUT2D eigenvalue weighted by atomic mass is 10.1. The molecular weight excluding hydrogens is 346 g/mol. The van der Waals surface area contributed by atoms with Crippen molar-refractivity contribution in [2.45, 2.75) is 18.9 Å². The van der Waals surface area contributed by atoms with E-state index in [1.54, 1.807) is 6.33 Å². The second-order valence-electron chi connectivity index (χ2n) is 7.51. The Hall–Kier alpha value is -3.60. The van der Waals surface area contributed by atoms with Crippen molar-refractivity contribution >= 4 is 27.8 Å². The minimum absolute atomic E-state index is 0.340. The second kappa shape index (κ2) is 5.70.